The molecule has 10 nitrogen and oxygen atoms in total. The summed E-state index contributed by atoms with van der Waals surface area (Å²) in [4.78, 5) is 39.6. The number of urea groups is 1. The van der Waals surface area contributed by atoms with Crippen LogP contribution in [0.15, 0.2) is 42.5 Å². The number of aryl methyl sites for hydroxylation is 1. The Balaban J connectivity index is 1.52. The molecule has 33 heavy (non-hydrogen) atoms. The van der Waals surface area contributed by atoms with Gasteiger partial charge in [0.2, 0.25) is 15.9 Å². The van der Waals surface area contributed by atoms with Crippen molar-refractivity contribution in [1.29, 1.82) is 0 Å². The quantitative estimate of drug-likeness (QED) is 0.549. The number of sulfonamides is 1. The Morgan fingerprint density at radius 3 is 2.70 bits per heavy atom. The summed E-state index contributed by atoms with van der Waals surface area (Å²) < 4.78 is 30.6. The van der Waals surface area contributed by atoms with Crippen molar-refractivity contribution in [1.82, 2.24) is 10.2 Å². The minimum absolute atomic E-state index is 0.144. The van der Waals surface area contributed by atoms with Gasteiger partial charge >= 0.3 is 6.03 Å². The molecule has 2 aliphatic rings. The molecular weight excluding hydrogens is 448 g/mol. The van der Waals surface area contributed by atoms with Crippen LogP contribution in [0.3, 0.4) is 0 Å². The Kier molecular flexibility index (Phi) is 5.75. The van der Waals surface area contributed by atoms with Crippen LogP contribution in [0.25, 0.3) is 0 Å². The van der Waals surface area contributed by atoms with E-state index in [1.165, 1.54) is 25.3 Å². The van der Waals surface area contributed by atoms with E-state index in [-0.39, 0.29) is 17.1 Å². The molecule has 2 aromatic rings. The van der Waals surface area contributed by atoms with E-state index in [4.69, 9.17) is 4.74 Å². The van der Waals surface area contributed by atoms with Gasteiger partial charge in [0.1, 0.15) is 17.8 Å². The number of anilines is 2. The lowest BCUT2D eigenvalue weighted by molar-refractivity contribution is -0.134. The van der Waals surface area contributed by atoms with Gasteiger partial charge in [-0.2, -0.15) is 0 Å². The standard InChI is InChI=1S/C22H24N4O6S/c1-32-18-10-9-15(12-17(18)25-33(2,30)31)23-19(27)13-26-20(28)22(24-21(26)29)11-5-7-14-6-3-4-8-16(14)22/h3-4,6,8-10,12,25H,5,7,11,13H2,1-2H3,(H,23,27)(H,24,29). The van der Waals surface area contributed by atoms with Crippen LogP contribution < -0.4 is 20.1 Å². The van der Waals surface area contributed by atoms with Crippen molar-refractivity contribution in [3.8, 4) is 5.75 Å². The van der Waals surface area contributed by atoms with Gasteiger partial charge in [0, 0.05) is 5.69 Å². The first kappa shape index (κ1) is 22.6. The molecule has 3 N–H and O–H groups in total. The topological polar surface area (TPSA) is 134 Å². The van der Waals surface area contributed by atoms with Gasteiger partial charge in [-0.1, -0.05) is 24.3 Å². The van der Waals surface area contributed by atoms with Crippen LogP contribution >= 0.6 is 0 Å². The molecule has 1 saturated heterocycles. The molecule has 0 saturated carbocycles. The van der Waals surface area contributed by atoms with Gasteiger partial charge in [-0.3, -0.25) is 19.2 Å². The Labute approximate surface area is 191 Å². The number of carbonyl (C=O) groups excluding carboxylic acids is 3. The van der Waals surface area contributed by atoms with Crippen LogP contribution in [0.1, 0.15) is 24.0 Å². The number of hydrogen-bond acceptors (Lipinski definition) is 6. The number of nitrogens with one attached hydrogen (secondary N) is 3. The predicted molar refractivity (Wildman–Crippen MR) is 121 cm³/mol. The molecule has 1 aliphatic carbocycles. The minimum Gasteiger partial charge on any atom is -0.495 e. The lowest BCUT2D eigenvalue weighted by atomic mass is 9.76. The molecule has 11 heteroatoms. The number of ether oxygens (including phenoxy) is 1. The van der Waals surface area contributed by atoms with E-state index in [2.05, 4.69) is 15.4 Å². The third-order valence-electron chi connectivity index (χ3n) is 5.73. The highest BCUT2D eigenvalue weighted by Gasteiger charge is 2.54. The fraction of sp³-hybridized carbons (Fsp3) is 0.318. The number of benzene rings is 2. The van der Waals surface area contributed by atoms with Crippen molar-refractivity contribution in [2.45, 2.75) is 24.8 Å². The summed E-state index contributed by atoms with van der Waals surface area (Å²) in [6.45, 7) is -0.477. The number of methoxy groups -OCH3 is 1. The maximum Gasteiger partial charge on any atom is 0.325 e. The molecule has 1 fully saturated rings. The molecular formula is C22H24N4O6S. The number of fused-ring (bicyclic) bond motifs is 2. The third kappa shape index (κ3) is 4.36. The second kappa shape index (κ2) is 8.39. The van der Waals surface area contributed by atoms with Gasteiger partial charge in [-0.25, -0.2) is 13.2 Å². The number of amides is 4. The Morgan fingerprint density at radius 2 is 1.97 bits per heavy atom. The fourth-order valence-electron chi connectivity index (χ4n) is 4.36. The zero-order valence-electron chi connectivity index (χ0n) is 18.2. The second-order valence-electron chi connectivity index (χ2n) is 8.07. The predicted octanol–water partition coefficient (Wildman–Crippen LogP) is 1.79. The number of carbonyl (C=O) groups is 3. The van der Waals surface area contributed by atoms with E-state index in [0.29, 0.717) is 6.42 Å². The van der Waals surface area contributed by atoms with Gasteiger partial charge in [0.05, 0.1) is 19.1 Å². The van der Waals surface area contributed by atoms with Crippen LogP contribution in [0.4, 0.5) is 16.2 Å². The maximum atomic E-state index is 13.3. The first-order valence-corrected chi connectivity index (χ1v) is 12.2. The van der Waals surface area contributed by atoms with Crippen molar-refractivity contribution in [2.24, 2.45) is 0 Å². The first-order valence-electron chi connectivity index (χ1n) is 10.3. The molecule has 4 rings (SSSR count). The number of imide groups is 1. The van der Waals surface area contributed by atoms with Crippen molar-refractivity contribution in [2.75, 3.05) is 29.9 Å². The SMILES string of the molecule is COc1ccc(NC(=O)CN2C(=O)NC3(CCCc4ccccc43)C2=O)cc1NS(C)(=O)=O. The van der Waals surface area contributed by atoms with E-state index < -0.39 is 40.0 Å². The summed E-state index contributed by atoms with van der Waals surface area (Å²) in [5.41, 5.74) is 1.04. The molecule has 0 bridgehead atoms. The summed E-state index contributed by atoms with van der Waals surface area (Å²) in [5, 5.41) is 5.40. The van der Waals surface area contributed by atoms with Crippen molar-refractivity contribution >= 4 is 39.2 Å². The molecule has 1 spiro atoms. The third-order valence-corrected chi connectivity index (χ3v) is 6.32. The minimum atomic E-state index is -3.58. The van der Waals surface area contributed by atoms with Gasteiger partial charge in [-0.15, -0.1) is 0 Å². The smallest absolute Gasteiger partial charge is 0.325 e. The fourth-order valence-corrected chi connectivity index (χ4v) is 4.92. The number of nitrogens with zero attached hydrogens (tertiary/aromatic N) is 1. The van der Waals surface area contributed by atoms with E-state index >= 15 is 0 Å². The Hall–Kier alpha value is -3.60. The van der Waals surface area contributed by atoms with E-state index in [1.807, 2.05) is 24.3 Å². The molecule has 1 unspecified atom stereocenters. The second-order valence-corrected chi connectivity index (χ2v) is 9.82. The van der Waals surface area contributed by atoms with Crippen molar-refractivity contribution < 1.29 is 27.5 Å². The summed E-state index contributed by atoms with van der Waals surface area (Å²) >= 11 is 0. The highest BCUT2D eigenvalue weighted by Crippen LogP contribution is 2.39. The lowest BCUT2D eigenvalue weighted by Crippen LogP contribution is -2.47. The first-order chi connectivity index (χ1) is 15.6. The number of rotatable bonds is 6. The summed E-state index contributed by atoms with van der Waals surface area (Å²) in [7, 11) is -2.19. The highest BCUT2D eigenvalue weighted by molar-refractivity contribution is 7.92. The zero-order chi connectivity index (χ0) is 23.8. The summed E-state index contributed by atoms with van der Waals surface area (Å²) in [6, 6.07) is 11.3. The van der Waals surface area contributed by atoms with Crippen molar-refractivity contribution in [3.63, 3.8) is 0 Å². The summed E-state index contributed by atoms with van der Waals surface area (Å²) in [5.74, 6) is -0.787. The van der Waals surface area contributed by atoms with Gasteiger partial charge in [-0.05, 0) is 48.6 Å². The molecule has 174 valence electrons. The van der Waals surface area contributed by atoms with E-state index in [9.17, 15) is 22.8 Å². The zero-order valence-corrected chi connectivity index (χ0v) is 19.0. The molecule has 1 atom stereocenters. The van der Waals surface area contributed by atoms with Gasteiger partial charge in [0.25, 0.3) is 5.91 Å². The average Bonchev–Trinajstić information content (AvgIpc) is 2.98. The molecule has 1 aliphatic heterocycles. The van der Waals surface area contributed by atoms with Crippen LogP contribution in [-0.4, -0.2) is 51.1 Å². The highest BCUT2D eigenvalue weighted by atomic mass is 32.2. The Bertz CT molecular complexity index is 1250. The van der Waals surface area contributed by atoms with Crippen LogP contribution in [-0.2, 0) is 31.6 Å². The van der Waals surface area contributed by atoms with Gasteiger partial charge < -0.3 is 15.4 Å². The maximum absolute atomic E-state index is 13.3. The summed E-state index contributed by atoms with van der Waals surface area (Å²) in [6.07, 6.45) is 3.02. The number of hydrogen-bond donors (Lipinski definition) is 3. The lowest BCUT2D eigenvalue weighted by Gasteiger charge is -2.33. The Morgan fingerprint density at radius 1 is 1.21 bits per heavy atom. The van der Waals surface area contributed by atoms with E-state index in [0.717, 1.165) is 35.1 Å². The van der Waals surface area contributed by atoms with E-state index in [1.54, 1.807) is 0 Å². The van der Waals surface area contributed by atoms with Crippen molar-refractivity contribution in [3.05, 3.63) is 53.6 Å². The molecule has 1 heterocycles. The monoisotopic (exact) mass is 472 g/mol. The molecule has 0 radical (unpaired) electrons. The van der Waals surface area contributed by atoms with Crippen LogP contribution in [0.2, 0.25) is 0 Å². The molecule has 0 aromatic heterocycles. The molecule has 4 amide bonds. The normalized spacial score (nSPS) is 19.8. The van der Waals surface area contributed by atoms with Crippen LogP contribution in [0.5, 0.6) is 5.75 Å². The van der Waals surface area contributed by atoms with Gasteiger partial charge in [0.15, 0.2) is 0 Å². The molecule has 2 aromatic carbocycles. The van der Waals surface area contributed by atoms with Crippen LogP contribution in [0, 0.1) is 0 Å². The average molecular weight is 473 g/mol. The largest absolute Gasteiger partial charge is 0.495 e.